The maximum atomic E-state index is 12.7. The number of esters is 1. The van der Waals surface area contributed by atoms with Crippen LogP contribution in [-0.2, 0) is 16.6 Å². The van der Waals surface area contributed by atoms with E-state index in [1.807, 2.05) is 36.4 Å². The van der Waals surface area contributed by atoms with Gasteiger partial charge in [-0.05, 0) is 22.9 Å². The fourth-order valence-corrected chi connectivity index (χ4v) is 3.76. The van der Waals surface area contributed by atoms with Gasteiger partial charge in [-0.25, -0.2) is 4.79 Å². The highest BCUT2D eigenvalue weighted by Gasteiger charge is 2.36. The van der Waals surface area contributed by atoms with Gasteiger partial charge >= 0.3 is 5.97 Å². The van der Waals surface area contributed by atoms with Crippen LogP contribution in [0, 0.1) is 0 Å². The van der Waals surface area contributed by atoms with E-state index in [0.717, 1.165) is 21.7 Å². The van der Waals surface area contributed by atoms with Crippen molar-refractivity contribution in [2.45, 2.75) is 12.5 Å². The molecule has 1 atom stereocenters. The highest BCUT2D eigenvalue weighted by atomic mass is 16.5. The van der Waals surface area contributed by atoms with E-state index in [1.54, 1.807) is 35.1 Å². The summed E-state index contributed by atoms with van der Waals surface area (Å²) < 4.78 is 7.16. The Labute approximate surface area is 160 Å². The molecule has 1 aliphatic rings. The lowest BCUT2D eigenvalue weighted by Crippen LogP contribution is -2.31. The number of hydrogen-bond acceptors (Lipinski definition) is 4. The van der Waals surface area contributed by atoms with Crippen LogP contribution in [0.3, 0.4) is 0 Å². The zero-order chi connectivity index (χ0) is 19.3. The molecule has 1 fully saturated rings. The first-order valence-corrected chi connectivity index (χ1v) is 9.11. The SMILES string of the molecule is Cn1cc(N2CCC(OC(=O)c3cc4c(ccc5ccccc54)[nH]3)C2=O)cn1. The van der Waals surface area contributed by atoms with Crippen LogP contribution < -0.4 is 4.90 Å². The lowest BCUT2D eigenvalue weighted by Gasteiger charge is -2.14. The van der Waals surface area contributed by atoms with E-state index >= 15 is 0 Å². The molecule has 4 aromatic rings. The van der Waals surface area contributed by atoms with Gasteiger partial charge in [0.25, 0.3) is 5.91 Å². The second kappa shape index (κ2) is 6.23. The number of aromatic amines is 1. The van der Waals surface area contributed by atoms with E-state index in [0.29, 0.717) is 24.3 Å². The molecule has 28 heavy (non-hydrogen) atoms. The molecule has 2 aromatic heterocycles. The van der Waals surface area contributed by atoms with Crippen molar-refractivity contribution in [2.24, 2.45) is 7.05 Å². The first kappa shape index (κ1) is 16.6. The predicted octanol–water partition coefficient (Wildman–Crippen LogP) is 3.02. The van der Waals surface area contributed by atoms with Gasteiger partial charge in [0.15, 0.2) is 6.10 Å². The topological polar surface area (TPSA) is 80.2 Å². The van der Waals surface area contributed by atoms with Crippen LogP contribution in [0.15, 0.2) is 54.9 Å². The second-order valence-corrected chi connectivity index (χ2v) is 6.98. The van der Waals surface area contributed by atoms with Crippen molar-refractivity contribution in [3.05, 3.63) is 60.6 Å². The van der Waals surface area contributed by atoms with E-state index in [1.165, 1.54) is 0 Å². The number of hydrogen-bond donors (Lipinski definition) is 1. The van der Waals surface area contributed by atoms with E-state index < -0.39 is 12.1 Å². The molecular formula is C21H18N4O3. The summed E-state index contributed by atoms with van der Waals surface area (Å²) in [5.74, 6) is -0.741. The van der Waals surface area contributed by atoms with Gasteiger partial charge in [-0.2, -0.15) is 5.10 Å². The number of aromatic nitrogens is 3. The molecule has 0 saturated carbocycles. The first-order chi connectivity index (χ1) is 13.6. The van der Waals surface area contributed by atoms with Gasteiger partial charge in [0.1, 0.15) is 5.69 Å². The number of aryl methyl sites for hydroxylation is 1. The molecule has 1 amide bonds. The van der Waals surface area contributed by atoms with E-state index in [4.69, 9.17) is 4.74 Å². The standard InChI is InChI=1S/C21H18N4O3/c1-24-12-14(11-22-24)25-9-8-19(20(25)26)28-21(27)18-10-16-15-5-3-2-4-13(15)6-7-17(16)23-18/h2-7,10-12,19,23H,8-9H2,1H3. The summed E-state index contributed by atoms with van der Waals surface area (Å²) in [5, 5.41) is 7.22. The molecule has 0 radical (unpaired) electrons. The summed E-state index contributed by atoms with van der Waals surface area (Å²) in [6.07, 6.45) is 3.08. The molecule has 2 aromatic carbocycles. The van der Waals surface area contributed by atoms with Gasteiger partial charge in [-0.15, -0.1) is 0 Å². The minimum Gasteiger partial charge on any atom is -0.447 e. The van der Waals surface area contributed by atoms with E-state index in [-0.39, 0.29) is 5.91 Å². The highest BCUT2D eigenvalue weighted by molar-refractivity contribution is 6.09. The van der Waals surface area contributed by atoms with Crippen LogP contribution in [0.25, 0.3) is 21.7 Å². The van der Waals surface area contributed by atoms with Crippen molar-refractivity contribution in [2.75, 3.05) is 11.4 Å². The Morgan fingerprint density at radius 1 is 1.21 bits per heavy atom. The van der Waals surface area contributed by atoms with E-state index in [2.05, 4.69) is 10.1 Å². The molecule has 1 saturated heterocycles. The highest BCUT2D eigenvalue weighted by Crippen LogP contribution is 2.27. The van der Waals surface area contributed by atoms with Crippen molar-refractivity contribution in [1.29, 1.82) is 0 Å². The molecule has 3 heterocycles. The largest absolute Gasteiger partial charge is 0.447 e. The number of fused-ring (bicyclic) bond motifs is 3. The predicted molar refractivity (Wildman–Crippen MR) is 105 cm³/mol. The smallest absolute Gasteiger partial charge is 0.355 e. The lowest BCUT2D eigenvalue weighted by atomic mass is 10.1. The molecule has 7 nitrogen and oxygen atoms in total. The molecule has 140 valence electrons. The molecule has 5 rings (SSSR count). The molecular weight excluding hydrogens is 356 g/mol. The number of nitrogens with one attached hydrogen (secondary N) is 1. The Hall–Kier alpha value is -3.61. The number of H-pyrrole nitrogens is 1. The second-order valence-electron chi connectivity index (χ2n) is 6.98. The fraction of sp³-hybridized carbons (Fsp3) is 0.190. The minimum atomic E-state index is -0.782. The Morgan fingerprint density at radius 3 is 2.89 bits per heavy atom. The van der Waals surface area contributed by atoms with Gasteiger partial charge in [0.05, 0.1) is 11.9 Å². The number of amides is 1. The van der Waals surface area contributed by atoms with Crippen LogP contribution >= 0.6 is 0 Å². The van der Waals surface area contributed by atoms with Crippen molar-refractivity contribution in [1.82, 2.24) is 14.8 Å². The van der Waals surface area contributed by atoms with Gasteiger partial charge in [0.2, 0.25) is 0 Å². The van der Waals surface area contributed by atoms with Gasteiger partial charge in [-0.3, -0.25) is 9.48 Å². The van der Waals surface area contributed by atoms with Crippen LogP contribution in [0.1, 0.15) is 16.9 Å². The quantitative estimate of drug-likeness (QED) is 0.559. The molecule has 1 N–H and O–H groups in total. The molecule has 0 spiro atoms. The van der Waals surface area contributed by atoms with Crippen LogP contribution in [0.2, 0.25) is 0 Å². The minimum absolute atomic E-state index is 0.220. The number of anilines is 1. The Balaban J connectivity index is 1.38. The molecule has 1 aliphatic heterocycles. The molecule has 0 bridgehead atoms. The maximum absolute atomic E-state index is 12.7. The first-order valence-electron chi connectivity index (χ1n) is 9.11. The van der Waals surface area contributed by atoms with Crippen LogP contribution in [0.5, 0.6) is 0 Å². The summed E-state index contributed by atoms with van der Waals surface area (Å²) in [7, 11) is 1.79. The summed E-state index contributed by atoms with van der Waals surface area (Å²) in [4.78, 5) is 30.0. The van der Waals surface area contributed by atoms with Crippen molar-refractivity contribution in [3.63, 3.8) is 0 Å². The molecule has 1 unspecified atom stereocenters. The maximum Gasteiger partial charge on any atom is 0.355 e. The summed E-state index contributed by atoms with van der Waals surface area (Å²) in [6.45, 7) is 0.500. The van der Waals surface area contributed by atoms with Gasteiger partial charge < -0.3 is 14.6 Å². The Morgan fingerprint density at radius 2 is 2.07 bits per heavy atom. The van der Waals surface area contributed by atoms with Crippen molar-refractivity contribution < 1.29 is 14.3 Å². The normalized spacial score (nSPS) is 17.0. The number of nitrogens with zero attached hydrogens (tertiary/aromatic N) is 3. The molecule has 0 aliphatic carbocycles. The third kappa shape index (κ3) is 2.63. The monoisotopic (exact) mass is 374 g/mol. The third-order valence-electron chi connectivity index (χ3n) is 5.16. The Bertz CT molecular complexity index is 1220. The van der Waals surface area contributed by atoms with Crippen LogP contribution in [-0.4, -0.2) is 39.3 Å². The Kier molecular flexibility index (Phi) is 3.68. The van der Waals surface area contributed by atoms with Crippen molar-refractivity contribution in [3.8, 4) is 0 Å². The third-order valence-corrected chi connectivity index (χ3v) is 5.16. The average Bonchev–Trinajstić information content (AvgIpc) is 3.41. The summed E-state index contributed by atoms with van der Waals surface area (Å²) >= 11 is 0. The summed E-state index contributed by atoms with van der Waals surface area (Å²) in [5.41, 5.74) is 1.92. The number of rotatable bonds is 3. The van der Waals surface area contributed by atoms with E-state index in [9.17, 15) is 9.59 Å². The number of ether oxygens (including phenoxy) is 1. The number of carbonyl (C=O) groups is 2. The van der Waals surface area contributed by atoms with Crippen LogP contribution in [0.4, 0.5) is 5.69 Å². The lowest BCUT2D eigenvalue weighted by molar-refractivity contribution is -0.124. The zero-order valence-corrected chi connectivity index (χ0v) is 15.3. The fourth-order valence-electron chi connectivity index (χ4n) is 3.76. The molecule has 7 heteroatoms. The van der Waals surface area contributed by atoms with Crippen molar-refractivity contribution >= 4 is 39.2 Å². The summed E-state index contributed by atoms with van der Waals surface area (Å²) in [6, 6.07) is 13.7. The average molecular weight is 374 g/mol. The van der Waals surface area contributed by atoms with Gasteiger partial charge in [-0.1, -0.05) is 30.3 Å². The number of benzene rings is 2. The number of carbonyl (C=O) groups excluding carboxylic acids is 2. The van der Waals surface area contributed by atoms with Gasteiger partial charge in [0, 0.05) is 37.1 Å². The zero-order valence-electron chi connectivity index (χ0n) is 15.3.